The van der Waals surface area contributed by atoms with E-state index >= 15 is 0 Å². The second kappa shape index (κ2) is 5.06. The van der Waals surface area contributed by atoms with Crippen LogP contribution in [0.25, 0.3) is 0 Å². The summed E-state index contributed by atoms with van der Waals surface area (Å²) in [7, 11) is -1.59. The molecule has 0 aliphatic heterocycles. The van der Waals surface area contributed by atoms with E-state index in [1.807, 2.05) is 12.3 Å². The number of hydrogen-bond donors (Lipinski definition) is 1. The molecular weight excluding hydrogens is 304 g/mol. The second-order valence-corrected chi connectivity index (χ2v) is 7.95. The molecule has 0 atom stereocenters. The highest BCUT2D eigenvalue weighted by atomic mass is 32.2. The van der Waals surface area contributed by atoms with E-state index in [4.69, 9.17) is 5.73 Å². The highest BCUT2D eigenvalue weighted by Crippen LogP contribution is 2.34. The molecular formula is C10H14N4O2S3. The molecule has 0 saturated heterocycles. The van der Waals surface area contributed by atoms with Crippen LogP contribution in [0, 0.1) is 6.92 Å². The van der Waals surface area contributed by atoms with Crippen LogP contribution in [0.1, 0.15) is 10.7 Å². The zero-order valence-electron chi connectivity index (χ0n) is 10.7. The van der Waals surface area contributed by atoms with Crippen molar-refractivity contribution in [1.29, 1.82) is 0 Å². The molecule has 0 unspecified atom stereocenters. The van der Waals surface area contributed by atoms with E-state index < -0.39 is 9.84 Å². The number of sulfone groups is 1. The van der Waals surface area contributed by atoms with Gasteiger partial charge in [0.2, 0.25) is 0 Å². The first-order valence-electron chi connectivity index (χ1n) is 5.36. The lowest BCUT2D eigenvalue weighted by atomic mass is 10.4. The average Bonchev–Trinajstić information content (AvgIpc) is 2.84. The molecule has 0 radical (unpaired) electrons. The van der Waals surface area contributed by atoms with E-state index in [1.165, 1.54) is 0 Å². The molecule has 0 aliphatic rings. The van der Waals surface area contributed by atoms with Crippen molar-refractivity contribution < 1.29 is 8.42 Å². The van der Waals surface area contributed by atoms with Crippen molar-refractivity contribution in [3.05, 3.63) is 16.1 Å². The first-order chi connectivity index (χ1) is 8.79. The minimum absolute atomic E-state index is 0.0591. The Bertz CT molecular complexity index is 689. The predicted molar refractivity (Wildman–Crippen MR) is 78.6 cm³/mol. The Hall–Kier alpha value is -1.19. The average molecular weight is 318 g/mol. The number of hydrogen-bond acceptors (Lipinski definition) is 8. The summed E-state index contributed by atoms with van der Waals surface area (Å²) in [4.78, 5) is 6.26. The van der Waals surface area contributed by atoms with E-state index in [0.717, 1.165) is 28.5 Å². The Balaban J connectivity index is 2.32. The molecule has 2 rings (SSSR count). The Morgan fingerprint density at radius 3 is 2.68 bits per heavy atom. The highest BCUT2D eigenvalue weighted by molar-refractivity contribution is 7.91. The van der Waals surface area contributed by atoms with Crippen LogP contribution in [-0.4, -0.2) is 31.1 Å². The number of nitrogen functional groups attached to an aromatic ring is 1. The number of nitrogens with zero attached hydrogens (tertiary/aromatic N) is 3. The van der Waals surface area contributed by atoms with E-state index in [1.54, 1.807) is 23.3 Å². The molecule has 104 valence electrons. The Labute approximate surface area is 120 Å². The molecule has 0 aromatic carbocycles. The zero-order valence-corrected chi connectivity index (χ0v) is 13.2. The van der Waals surface area contributed by atoms with Gasteiger partial charge in [-0.2, -0.15) is 4.37 Å². The second-order valence-electron chi connectivity index (χ2n) is 4.19. The molecule has 6 nitrogen and oxygen atoms in total. The summed E-state index contributed by atoms with van der Waals surface area (Å²) >= 11 is 2.65. The fraction of sp³-hybridized carbons (Fsp3) is 0.400. The van der Waals surface area contributed by atoms with Gasteiger partial charge < -0.3 is 10.6 Å². The Morgan fingerprint density at radius 1 is 1.47 bits per heavy atom. The van der Waals surface area contributed by atoms with Gasteiger partial charge in [0.1, 0.15) is 9.90 Å². The van der Waals surface area contributed by atoms with Gasteiger partial charge >= 0.3 is 0 Å². The number of nitrogens with two attached hydrogens (primary N) is 1. The molecule has 2 N–H and O–H groups in total. The van der Waals surface area contributed by atoms with Crippen molar-refractivity contribution in [3.63, 3.8) is 0 Å². The van der Waals surface area contributed by atoms with Crippen molar-refractivity contribution in [2.75, 3.05) is 23.9 Å². The quantitative estimate of drug-likeness (QED) is 0.919. The summed E-state index contributed by atoms with van der Waals surface area (Å²) < 4.78 is 27.4. The lowest BCUT2D eigenvalue weighted by Crippen LogP contribution is -2.18. The third kappa shape index (κ3) is 3.04. The molecule has 2 heterocycles. The molecule has 0 fully saturated rings. The van der Waals surface area contributed by atoms with Crippen LogP contribution < -0.4 is 10.6 Å². The molecule has 0 saturated carbocycles. The highest BCUT2D eigenvalue weighted by Gasteiger charge is 2.24. The van der Waals surface area contributed by atoms with Gasteiger partial charge in [-0.25, -0.2) is 13.4 Å². The first kappa shape index (κ1) is 14.2. The predicted octanol–water partition coefficient (Wildman–Crippen LogP) is 1.53. The van der Waals surface area contributed by atoms with Crippen molar-refractivity contribution >= 4 is 43.5 Å². The van der Waals surface area contributed by atoms with Gasteiger partial charge in [-0.3, -0.25) is 0 Å². The maximum atomic E-state index is 11.7. The third-order valence-electron chi connectivity index (χ3n) is 2.44. The molecule has 2 aromatic heterocycles. The topological polar surface area (TPSA) is 89.2 Å². The fourth-order valence-electron chi connectivity index (χ4n) is 1.67. The molecule has 0 amide bonds. The van der Waals surface area contributed by atoms with Crippen LogP contribution in [0.2, 0.25) is 0 Å². The van der Waals surface area contributed by atoms with Crippen LogP contribution in [0.5, 0.6) is 0 Å². The molecule has 9 heteroatoms. The van der Waals surface area contributed by atoms with E-state index in [-0.39, 0.29) is 10.7 Å². The molecule has 0 aliphatic carbocycles. The van der Waals surface area contributed by atoms with Gasteiger partial charge in [-0.15, -0.1) is 11.3 Å². The number of aryl methyl sites for hydroxylation is 1. The molecule has 19 heavy (non-hydrogen) atoms. The summed E-state index contributed by atoms with van der Waals surface area (Å²) in [5.41, 5.74) is 6.54. The largest absolute Gasteiger partial charge is 0.382 e. The summed E-state index contributed by atoms with van der Waals surface area (Å²) in [6, 6.07) is 0. The summed E-state index contributed by atoms with van der Waals surface area (Å²) in [6.07, 6.45) is 1.14. The van der Waals surface area contributed by atoms with Gasteiger partial charge in [0.05, 0.1) is 17.2 Å². The van der Waals surface area contributed by atoms with Crippen LogP contribution >= 0.6 is 22.9 Å². The summed E-state index contributed by atoms with van der Waals surface area (Å²) in [5, 5.41) is 3.48. The zero-order chi connectivity index (χ0) is 14.2. The number of rotatable bonds is 4. The summed E-state index contributed by atoms with van der Waals surface area (Å²) in [5.74, 6) is 0.0591. The lowest BCUT2D eigenvalue weighted by molar-refractivity contribution is 0.602. The van der Waals surface area contributed by atoms with Gasteiger partial charge in [0.15, 0.2) is 15.7 Å². The number of aromatic nitrogens is 2. The molecule has 2 aromatic rings. The van der Waals surface area contributed by atoms with Crippen molar-refractivity contribution in [1.82, 2.24) is 9.36 Å². The van der Waals surface area contributed by atoms with Crippen LogP contribution in [0.15, 0.2) is 10.3 Å². The van der Waals surface area contributed by atoms with E-state index in [0.29, 0.717) is 11.5 Å². The van der Waals surface area contributed by atoms with Gasteiger partial charge in [-0.05, 0) is 18.5 Å². The minimum atomic E-state index is -3.39. The van der Waals surface area contributed by atoms with Crippen molar-refractivity contribution in [2.24, 2.45) is 0 Å². The smallest absolute Gasteiger partial charge is 0.182 e. The van der Waals surface area contributed by atoms with Crippen LogP contribution in [0.4, 0.5) is 10.8 Å². The van der Waals surface area contributed by atoms with Gasteiger partial charge in [-0.1, -0.05) is 0 Å². The normalized spacial score (nSPS) is 11.7. The van der Waals surface area contributed by atoms with Gasteiger partial charge in [0.25, 0.3) is 0 Å². The van der Waals surface area contributed by atoms with E-state index in [9.17, 15) is 8.42 Å². The maximum absolute atomic E-state index is 11.7. The first-order valence-corrected chi connectivity index (χ1v) is 8.91. The standard InChI is InChI=1S/C10H14N4O2S3/c1-6-12-7(5-17-6)4-14(2)10-8(19(3,15)16)9(11)13-18-10/h5H,4H2,1-3H3,(H2,11,13). The lowest BCUT2D eigenvalue weighted by Gasteiger charge is -2.16. The molecule has 0 spiro atoms. The van der Waals surface area contributed by atoms with Crippen molar-refractivity contribution in [3.8, 4) is 0 Å². The van der Waals surface area contributed by atoms with Crippen molar-refractivity contribution in [2.45, 2.75) is 18.4 Å². The summed E-state index contributed by atoms with van der Waals surface area (Å²) in [6.45, 7) is 2.45. The Morgan fingerprint density at radius 2 is 2.16 bits per heavy atom. The maximum Gasteiger partial charge on any atom is 0.182 e. The SMILES string of the molecule is Cc1nc(CN(C)c2snc(N)c2S(C)(=O)=O)cs1. The third-order valence-corrected chi connectivity index (χ3v) is 5.51. The fourth-order valence-corrected chi connectivity index (χ4v) is 4.47. The number of thiazole rings is 1. The van der Waals surface area contributed by atoms with E-state index in [2.05, 4.69) is 9.36 Å². The van der Waals surface area contributed by atoms with Crippen LogP contribution in [0.3, 0.4) is 0 Å². The molecule has 0 bridgehead atoms. The number of anilines is 2. The Kier molecular flexibility index (Phi) is 3.79. The van der Waals surface area contributed by atoms with Crippen LogP contribution in [-0.2, 0) is 16.4 Å². The minimum Gasteiger partial charge on any atom is -0.382 e. The van der Waals surface area contributed by atoms with Gasteiger partial charge in [0, 0.05) is 18.7 Å². The monoisotopic (exact) mass is 318 g/mol.